The molecular formula is C33H61N7O5. The van der Waals surface area contributed by atoms with Gasteiger partial charge >= 0.3 is 0 Å². The van der Waals surface area contributed by atoms with Gasteiger partial charge in [0.1, 0.15) is 5.78 Å². The first-order chi connectivity index (χ1) is 21.3. The number of hydroxylamine groups is 2. The van der Waals surface area contributed by atoms with Crippen LogP contribution in [0.25, 0.3) is 0 Å². The summed E-state index contributed by atoms with van der Waals surface area (Å²) >= 11 is 0. The van der Waals surface area contributed by atoms with Crippen molar-refractivity contribution in [3.05, 3.63) is 29.3 Å². The van der Waals surface area contributed by atoms with Crippen LogP contribution in [-0.2, 0) is 19.2 Å². The smallest absolute Gasteiger partial charge is 0.219 e. The number of anilines is 1. The summed E-state index contributed by atoms with van der Waals surface area (Å²) in [4.78, 5) is 48.8. The fourth-order valence-corrected chi connectivity index (χ4v) is 4.69. The van der Waals surface area contributed by atoms with E-state index >= 15 is 0 Å². The lowest BCUT2D eigenvalue weighted by atomic mass is 10.1. The van der Waals surface area contributed by atoms with Crippen LogP contribution in [0.3, 0.4) is 0 Å². The third-order valence-corrected chi connectivity index (χ3v) is 7.63. The molecule has 2 N–H and O–H groups in total. The molecule has 0 spiro atoms. The zero-order valence-corrected chi connectivity index (χ0v) is 29.3. The van der Waals surface area contributed by atoms with Gasteiger partial charge < -0.3 is 30.1 Å². The first-order valence-electron chi connectivity index (χ1n) is 16.2. The van der Waals surface area contributed by atoms with Crippen molar-refractivity contribution in [1.29, 1.82) is 0 Å². The molecule has 12 nitrogen and oxygen atoms in total. The van der Waals surface area contributed by atoms with Crippen molar-refractivity contribution in [2.75, 3.05) is 125 Å². The van der Waals surface area contributed by atoms with Crippen LogP contribution in [0.2, 0.25) is 0 Å². The second-order valence-corrected chi connectivity index (χ2v) is 12.2. The maximum absolute atomic E-state index is 10.9. The van der Waals surface area contributed by atoms with Crippen molar-refractivity contribution in [2.45, 2.75) is 41.0 Å². The number of hydrogen-bond donors (Lipinski definition) is 1. The SMILES string of the molecule is CC(=O)CN1CCN(C)CC1.CC(=O)N1CCN(C)CC1.CC(=O)c1cc(C)cc(N)c1.CCCOCON1CCN(C)CC1. The number of nitrogen functional groups attached to an aromatic ring is 1. The Balaban J connectivity index is 0.000000301. The van der Waals surface area contributed by atoms with Gasteiger partial charge in [-0.15, -0.1) is 0 Å². The number of likely N-dealkylation sites (N-methyl/N-ethyl adjacent to an activating group) is 3. The Labute approximate surface area is 272 Å². The van der Waals surface area contributed by atoms with E-state index in [-0.39, 0.29) is 17.5 Å². The Kier molecular flexibility index (Phi) is 20.7. The van der Waals surface area contributed by atoms with Crippen LogP contribution in [0.5, 0.6) is 0 Å². The van der Waals surface area contributed by atoms with Crippen molar-refractivity contribution >= 4 is 23.2 Å². The lowest BCUT2D eigenvalue weighted by Crippen LogP contribution is -2.46. The highest BCUT2D eigenvalue weighted by Gasteiger charge is 2.16. The summed E-state index contributed by atoms with van der Waals surface area (Å²) in [5.41, 5.74) is 7.90. The molecule has 0 radical (unpaired) electrons. The fraction of sp³-hybridized carbons (Fsp3) is 0.727. The van der Waals surface area contributed by atoms with Gasteiger partial charge in [0.2, 0.25) is 5.91 Å². The second kappa shape index (κ2) is 23.0. The zero-order chi connectivity index (χ0) is 33.8. The molecular weight excluding hydrogens is 574 g/mol. The number of piperazine rings is 3. The molecule has 0 saturated carbocycles. The van der Waals surface area contributed by atoms with Crippen molar-refractivity contribution in [1.82, 2.24) is 29.6 Å². The molecule has 3 aliphatic rings. The van der Waals surface area contributed by atoms with E-state index in [9.17, 15) is 14.4 Å². The van der Waals surface area contributed by atoms with Crippen LogP contribution in [0.1, 0.15) is 50.0 Å². The van der Waals surface area contributed by atoms with E-state index in [2.05, 4.69) is 47.7 Å². The number of rotatable bonds is 8. The van der Waals surface area contributed by atoms with Crippen LogP contribution in [0, 0.1) is 6.92 Å². The minimum atomic E-state index is 0.0559. The number of nitrogens with zero attached hydrogens (tertiary/aromatic N) is 6. The largest absolute Gasteiger partial charge is 0.399 e. The fourth-order valence-electron chi connectivity index (χ4n) is 4.69. The third kappa shape index (κ3) is 19.6. The van der Waals surface area contributed by atoms with Crippen molar-refractivity contribution < 1.29 is 24.0 Å². The van der Waals surface area contributed by atoms with Crippen molar-refractivity contribution in [3.8, 4) is 0 Å². The summed E-state index contributed by atoms with van der Waals surface area (Å²) in [6, 6.07) is 5.36. The van der Waals surface area contributed by atoms with Gasteiger partial charge in [-0.3, -0.25) is 24.1 Å². The van der Waals surface area contributed by atoms with Gasteiger partial charge in [0, 0.05) is 103 Å². The standard InChI is InChI=1S/C9H20N2O2.C9H11NO.C8H16N2O.C7H14N2O/c1-3-8-12-9-13-11-6-4-10(2)5-7-11;1-6-3-8(7(2)11)5-9(10)4-6;1-8(11)7-10-5-3-9(2)4-6-10;1-7(10)9-5-3-8(2)4-6-9/h3-9H2,1-2H3;3-5H,10H2,1-2H3;3-7H2,1-2H3;3-6H2,1-2H3. The monoisotopic (exact) mass is 635 g/mol. The Hall–Kier alpha value is -2.45. The number of amides is 1. The highest BCUT2D eigenvalue weighted by molar-refractivity contribution is 5.95. The van der Waals surface area contributed by atoms with Crippen LogP contribution >= 0.6 is 0 Å². The molecule has 0 atom stereocenters. The Morgan fingerprint density at radius 2 is 1.27 bits per heavy atom. The quantitative estimate of drug-likeness (QED) is 0.196. The number of ketones is 2. The molecule has 4 rings (SSSR count). The van der Waals surface area contributed by atoms with E-state index in [4.69, 9.17) is 15.3 Å². The average molecular weight is 636 g/mol. The van der Waals surface area contributed by atoms with Gasteiger partial charge in [-0.25, -0.2) is 0 Å². The van der Waals surface area contributed by atoms with Gasteiger partial charge in [-0.1, -0.05) is 6.92 Å². The summed E-state index contributed by atoms with van der Waals surface area (Å²) in [6.07, 6.45) is 1.05. The highest BCUT2D eigenvalue weighted by Crippen LogP contribution is 2.11. The number of ether oxygens (including phenoxy) is 1. The first kappa shape index (κ1) is 40.6. The molecule has 0 unspecified atom stereocenters. The minimum absolute atomic E-state index is 0.0559. The molecule has 258 valence electrons. The Bertz CT molecular complexity index is 967. The van der Waals surface area contributed by atoms with Crippen LogP contribution < -0.4 is 5.73 Å². The summed E-state index contributed by atoms with van der Waals surface area (Å²) in [5, 5.41) is 1.98. The van der Waals surface area contributed by atoms with Crippen LogP contribution in [0.15, 0.2) is 18.2 Å². The molecule has 1 amide bonds. The average Bonchev–Trinajstić information content (AvgIpc) is 2.98. The predicted octanol–water partition coefficient (Wildman–Crippen LogP) is 1.93. The van der Waals surface area contributed by atoms with Gasteiger partial charge in [0.15, 0.2) is 12.6 Å². The molecule has 3 aliphatic heterocycles. The highest BCUT2D eigenvalue weighted by atomic mass is 16.8. The molecule has 1 aromatic carbocycles. The van der Waals surface area contributed by atoms with E-state index in [0.29, 0.717) is 24.6 Å². The third-order valence-electron chi connectivity index (χ3n) is 7.63. The van der Waals surface area contributed by atoms with Gasteiger partial charge in [0.25, 0.3) is 0 Å². The number of carbonyl (C=O) groups is 3. The molecule has 0 bridgehead atoms. The van der Waals surface area contributed by atoms with E-state index in [1.807, 2.05) is 29.0 Å². The molecule has 1 aromatic rings. The number of Topliss-reactive ketones (excluding diaryl/α,β-unsaturated/α-hetero) is 2. The lowest BCUT2D eigenvalue weighted by Gasteiger charge is -2.31. The molecule has 3 fully saturated rings. The second-order valence-electron chi connectivity index (χ2n) is 12.2. The van der Waals surface area contributed by atoms with E-state index in [1.165, 1.54) is 6.92 Å². The summed E-state index contributed by atoms with van der Waals surface area (Å²) in [6.45, 7) is 22.8. The van der Waals surface area contributed by atoms with Gasteiger partial charge in [0.05, 0.1) is 6.54 Å². The zero-order valence-electron chi connectivity index (χ0n) is 29.3. The molecule has 45 heavy (non-hydrogen) atoms. The summed E-state index contributed by atoms with van der Waals surface area (Å²) < 4.78 is 5.23. The molecule has 0 aromatic heterocycles. The number of carbonyl (C=O) groups excluding carboxylic acids is 3. The molecule has 3 saturated heterocycles. The number of aryl methyl sites for hydroxylation is 1. The normalized spacial score (nSPS) is 18.4. The number of benzene rings is 1. The van der Waals surface area contributed by atoms with Gasteiger partial charge in [-0.2, -0.15) is 5.06 Å². The van der Waals surface area contributed by atoms with Crippen molar-refractivity contribution in [3.63, 3.8) is 0 Å². The van der Waals surface area contributed by atoms with Crippen molar-refractivity contribution in [2.24, 2.45) is 0 Å². The molecule has 3 heterocycles. The maximum Gasteiger partial charge on any atom is 0.219 e. The van der Waals surface area contributed by atoms with E-state index in [0.717, 1.165) is 97.1 Å². The van der Waals surface area contributed by atoms with Gasteiger partial charge in [-0.05, 0) is 72.1 Å². The Morgan fingerprint density at radius 3 is 1.71 bits per heavy atom. The predicted molar refractivity (Wildman–Crippen MR) is 181 cm³/mol. The molecule has 0 aliphatic carbocycles. The van der Waals surface area contributed by atoms with Crippen LogP contribution in [-0.4, -0.2) is 167 Å². The maximum atomic E-state index is 10.9. The van der Waals surface area contributed by atoms with Crippen LogP contribution in [0.4, 0.5) is 5.69 Å². The summed E-state index contributed by atoms with van der Waals surface area (Å²) in [7, 11) is 6.33. The number of hydrogen-bond acceptors (Lipinski definition) is 11. The Morgan fingerprint density at radius 1 is 0.756 bits per heavy atom. The summed E-state index contributed by atoms with van der Waals surface area (Å²) in [5.74, 6) is 0.531. The lowest BCUT2D eigenvalue weighted by molar-refractivity contribution is -0.234. The van der Waals surface area contributed by atoms with E-state index < -0.39 is 0 Å². The minimum Gasteiger partial charge on any atom is -0.399 e. The first-order valence-corrected chi connectivity index (χ1v) is 16.2. The van der Waals surface area contributed by atoms with E-state index in [1.54, 1.807) is 19.9 Å². The topological polar surface area (TPSA) is 115 Å². The molecule has 12 heteroatoms. The number of nitrogens with two attached hydrogens (primary N) is 1.